The van der Waals surface area contributed by atoms with E-state index in [1.807, 2.05) is 22.6 Å². The van der Waals surface area contributed by atoms with Gasteiger partial charge in [-0.15, -0.1) is 0 Å². The van der Waals surface area contributed by atoms with Gasteiger partial charge in [-0.05, 0) is 34.7 Å². The Morgan fingerprint density at radius 1 is 1.56 bits per heavy atom. The molecule has 0 saturated heterocycles. The molecule has 0 aliphatic carbocycles. The quantitative estimate of drug-likeness (QED) is 0.514. The highest BCUT2D eigenvalue weighted by Gasteiger charge is 1.97. The minimum Gasteiger partial charge on any atom is -0.212 e. The molecule has 0 atom stereocenters. The van der Waals surface area contributed by atoms with Crippen LogP contribution in [0.1, 0.15) is 0 Å². The van der Waals surface area contributed by atoms with E-state index >= 15 is 0 Å². The van der Waals surface area contributed by atoms with Crippen molar-refractivity contribution in [3.8, 4) is 0 Å². The summed E-state index contributed by atoms with van der Waals surface area (Å²) in [5.74, 6) is -0.496. The first-order valence-electron chi connectivity index (χ1n) is 2.17. The van der Waals surface area contributed by atoms with Gasteiger partial charge in [0.2, 0.25) is 5.95 Å². The Balaban J connectivity index is 3.17. The number of aromatic nitrogens is 1. The second-order valence-corrected chi connectivity index (χ2v) is 2.84. The lowest BCUT2D eigenvalue weighted by molar-refractivity contribution is 0.580. The number of halogens is 3. The van der Waals surface area contributed by atoms with E-state index in [0.717, 1.165) is 0 Å². The Bertz CT molecular complexity index is 228. The van der Waals surface area contributed by atoms with Crippen LogP contribution in [0.15, 0.2) is 12.1 Å². The van der Waals surface area contributed by atoms with Gasteiger partial charge in [-0.2, -0.15) is 4.39 Å². The summed E-state index contributed by atoms with van der Waals surface area (Å²) in [6.45, 7) is 0. The second kappa shape index (κ2) is 2.79. The van der Waals surface area contributed by atoms with Crippen molar-refractivity contribution in [1.29, 1.82) is 0 Å². The predicted molar refractivity (Wildman–Crippen MR) is 41.9 cm³/mol. The third-order valence-corrected chi connectivity index (χ3v) is 2.22. The lowest BCUT2D eigenvalue weighted by Gasteiger charge is -1.91. The van der Waals surface area contributed by atoms with Gasteiger partial charge in [-0.1, -0.05) is 11.6 Å². The fraction of sp³-hybridized carbons (Fsp3) is 0. The zero-order chi connectivity index (χ0) is 6.85. The summed E-state index contributed by atoms with van der Waals surface area (Å²) in [6, 6.07) is 2.70. The van der Waals surface area contributed by atoms with Crippen molar-refractivity contribution < 1.29 is 4.39 Å². The Morgan fingerprint density at radius 2 is 2.22 bits per heavy atom. The standard InChI is InChI=1S/C5H2ClFIN/c6-3-1-2-4(7)9-5(3)8/h1-2H. The van der Waals surface area contributed by atoms with E-state index in [9.17, 15) is 4.39 Å². The molecular weight excluding hydrogens is 255 g/mol. The molecule has 9 heavy (non-hydrogen) atoms. The first kappa shape index (κ1) is 7.21. The molecule has 0 spiro atoms. The Morgan fingerprint density at radius 3 is 2.67 bits per heavy atom. The lowest BCUT2D eigenvalue weighted by Crippen LogP contribution is -1.85. The van der Waals surface area contributed by atoms with Crippen LogP contribution in [0.5, 0.6) is 0 Å². The van der Waals surface area contributed by atoms with Crippen molar-refractivity contribution in [1.82, 2.24) is 4.98 Å². The van der Waals surface area contributed by atoms with Crippen molar-refractivity contribution >= 4 is 34.2 Å². The molecule has 0 bridgehead atoms. The van der Waals surface area contributed by atoms with Gasteiger partial charge >= 0.3 is 0 Å². The van der Waals surface area contributed by atoms with Crippen molar-refractivity contribution in [2.75, 3.05) is 0 Å². The molecule has 0 radical (unpaired) electrons. The van der Waals surface area contributed by atoms with Crippen LogP contribution in [0.4, 0.5) is 4.39 Å². The molecule has 1 rings (SSSR count). The molecule has 0 amide bonds. The van der Waals surface area contributed by atoms with Crippen LogP contribution in [0.25, 0.3) is 0 Å². The first-order chi connectivity index (χ1) is 4.20. The molecule has 0 N–H and O–H groups in total. The van der Waals surface area contributed by atoms with Gasteiger partial charge in [0.15, 0.2) is 0 Å². The van der Waals surface area contributed by atoms with Gasteiger partial charge in [0.05, 0.1) is 5.02 Å². The molecule has 0 unspecified atom stereocenters. The Hall–Kier alpha value is 0.1000. The number of hydrogen-bond acceptors (Lipinski definition) is 1. The molecular formula is C5H2ClFIN. The molecule has 1 aromatic heterocycles. The van der Waals surface area contributed by atoms with E-state index in [-0.39, 0.29) is 0 Å². The van der Waals surface area contributed by atoms with Gasteiger partial charge in [-0.25, -0.2) is 4.98 Å². The third-order valence-electron chi connectivity index (χ3n) is 0.769. The summed E-state index contributed by atoms with van der Waals surface area (Å²) >= 11 is 7.41. The van der Waals surface area contributed by atoms with Crippen LogP contribution in [-0.2, 0) is 0 Å². The van der Waals surface area contributed by atoms with E-state index in [1.54, 1.807) is 0 Å². The highest BCUT2D eigenvalue weighted by Crippen LogP contribution is 2.14. The average molecular weight is 257 g/mol. The van der Waals surface area contributed by atoms with Crippen LogP contribution in [0, 0.1) is 9.65 Å². The van der Waals surface area contributed by atoms with Crippen LogP contribution in [0.3, 0.4) is 0 Å². The van der Waals surface area contributed by atoms with Crippen LogP contribution >= 0.6 is 34.2 Å². The summed E-state index contributed by atoms with van der Waals surface area (Å²) in [5, 5.41) is 0.483. The molecule has 1 heterocycles. The number of pyridine rings is 1. The highest BCUT2D eigenvalue weighted by molar-refractivity contribution is 14.1. The molecule has 0 fully saturated rings. The molecule has 48 valence electrons. The maximum atomic E-state index is 12.2. The Labute approximate surface area is 70.4 Å². The van der Waals surface area contributed by atoms with E-state index in [2.05, 4.69) is 4.98 Å². The third kappa shape index (κ3) is 1.76. The van der Waals surface area contributed by atoms with Gasteiger partial charge in [0.1, 0.15) is 3.70 Å². The maximum Gasteiger partial charge on any atom is 0.213 e. The fourth-order valence-electron chi connectivity index (χ4n) is 0.395. The fourth-order valence-corrected chi connectivity index (χ4v) is 0.911. The lowest BCUT2D eigenvalue weighted by atomic mass is 10.5. The summed E-state index contributed by atoms with van der Waals surface area (Å²) in [5.41, 5.74) is 0. The molecule has 1 nitrogen and oxygen atoms in total. The SMILES string of the molecule is Fc1ccc(Cl)c(I)n1. The largest absolute Gasteiger partial charge is 0.213 e. The molecule has 0 saturated carbocycles. The van der Waals surface area contributed by atoms with Crippen molar-refractivity contribution in [2.45, 2.75) is 0 Å². The Kier molecular flexibility index (Phi) is 2.23. The van der Waals surface area contributed by atoms with E-state index in [4.69, 9.17) is 11.6 Å². The minimum absolute atomic E-state index is 0.483. The normalized spacial score (nSPS) is 9.67. The maximum absolute atomic E-state index is 12.2. The predicted octanol–water partition coefficient (Wildman–Crippen LogP) is 2.48. The van der Waals surface area contributed by atoms with E-state index in [0.29, 0.717) is 8.72 Å². The zero-order valence-electron chi connectivity index (χ0n) is 4.24. The number of nitrogens with zero attached hydrogens (tertiary/aromatic N) is 1. The monoisotopic (exact) mass is 257 g/mol. The van der Waals surface area contributed by atoms with Gasteiger partial charge < -0.3 is 0 Å². The zero-order valence-corrected chi connectivity index (χ0v) is 7.15. The molecule has 1 aromatic rings. The molecule has 4 heteroatoms. The highest BCUT2D eigenvalue weighted by atomic mass is 127. The second-order valence-electron chi connectivity index (χ2n) is 1.41. The van der Waals surface area contributed by atoms with Crippen LogP contribution in [0.2, 0.25) is 5.02 Å². The van der Waals surface area contributed by atoms with Gasteiger partial charge in [-0.3, -0.25) is 0 Å². The summed E-state index contributed by atoms with van der Waals surface area (Å²) in [7, 11) is 0. The smallest absolute Gasteiger partial charge is 0.212 e. The number of rotatable bonds is 0. The summed E-state index contributed by atoms with van der Waals surface area (Å²) in [6.07, 6.45) is 0. The molecule has 0 aliphatic rings. The van der Waals surface area contributed by atoms with E-state index in [1.165, 1.54) is 12.1 Å². The summed E-state index contributed by atoms with van der Waals surface area (Å²) < 4.78 is 12.7. The van der Waals surface area contributed by atoms with Crippen molar-refractivity contribution in [2.24, 2.45) is 0 Å². The van der Waals surface area contributed by atoms with E-state index < -0.39 is 5.95 Å². The minimum atomic E-state index is -0.496. The molecule has 0 aromatic carbocycles. The van der Waals surface area contributed by atoms with Crippen molar-refractivity contribution in [3.05, 3.63) is 26.8 Å². The topological polar surface area (TPSA) is 12.9 Å². The van der Waals surface area contributed by atoms with Gasteiger partial charge in [0, 0.05) is 0 Å². The number of hydrogen-bond donors (Lipinski definition) is 0. The average Bonchev–Trinajstić information content (AvgIpc) is 1.80. The first-order valence-corrected chi connectivity index (χ1v) is 3.63. The van der Waals surface area contributed by atoms with Crippen molar-refractivity contribution in [3.63, 3.8) is 0 Å². The summed E-state index contributed by atoms with van der Waals surface area (Å²) in [4.78, 5) is 3.46. The van der Waals surface area contributed by atoms with Crippen LogP contribution < -0.4 is 0 Å². The van der Waals surface area contributed by atoms with Gasteiger partial charge in [0.25, 0.3) is 0 Å². The van der Waals surface area contributed by atoms with Crippen LogP contribution in [-0.4, -0.2) is 4.98 Å². The molecule has 0 aliphatic heterocycles.